The highest BCUT2D eigenvalue weighted by atomic mass is 14.6. The molecule has 4 aliphatic rings. The van der Waals surface area contributed by atoms with E-state index in [0.29, 0.717) is 10.8 Å². The minimum absolute atomic E-state index is 0.577. The molecule has 0 N–H and O–H groups in total. The quantitative estimate of drug-likeness (QED) is 0.424. The van der Waals surface area contributed by atoms with Gasteiger partial charge in [0.1, 0.15) is 0 Å². The van der Waals surface area contributed by atoms with Crippen molar-refractivity contribution in [2.75, 3.05) is 0 Å². The molecule has 0 heterocycles. The van der Waals surface area contributed by atoms with Crippen molar-refractivity contribution in [2.45, 2.75) is 85.0 Å². The molecule has 4 rings (SSSR count). The van der Waals surface area contributed by atoms with E-state index in [1.165, 1.54) is 44.9 Å². The van der Waals surface area contributed by atoms with E-state index in [9.17, 15) is 0 Å². The number of allylic oxidation sites excluding steroid dienone is 2. The van der Waals surface area contributed by atoms with Gasteiger partial charge in [0.25, 0.3) is 0 Å². The third kappa shape index (κ3) is 3.19. The Balaban J connectivity index is 0.000000528. The van der Waals surface area contributed by atoms with Crippen LogP contribution in [0, 0.1) is 34.5 Å². The summed E-state index contributed by atoms with van der Waals surface area (Å²) in [5, 5.41) is 0. The van der Waals surface area contributed by atoms with Gasteiger partial charge in [0.2, 0.25) is 0 Å². The smallest absolute Gasteiger partial charge is 0.00824 e. The van der Waals surface area contributed by atoms with Crippen LogP contribution in [0.2, 0.25) is 0 Å². The monoisotopic (exact) mass is 342 g/mol. The van der Waals surface area contributed by atoms with Crippen LogP contribution < -0.4 is 0 Å². The first kappa shape index (κ1) is 20.5. The summed E-state index contributed by atoms with van der Waals surface area (Å²) in [6, 6.07) is 0. The van der Waals surface area contributed by atoms with Gasteiger partial charge in [0, 0.05) is 0 Å². The van der Waals surface area contributed by atoms with E-state index >= 15 is 0 Å². The SMILES string of the molecule is C=C.C=C.CCC1=CC[C@H]2[C@@H]3CCC4CCCC[C@]4(C)[C@H]3CC[C@]12C. The Morgan fingerprint density at radius 1 is 0.920 bits per heavy atom. The maximum absolute atomic E-state index is 3.00. The van der Waals surface area contributed by atoms with Gasteiger partial charge in [-0.1, -0.05) is 45.3 Å². The normalized spacial score (nSPS) is 44.5. The molecule has 0 radical (unpaired) electrons. The van der Waals surface area contributed by atoms with Gasteiger partial charge in [-0.05, 0) is 85.9 Å². The van der Waals surface area contributed by atoms with E-state index in [0.717, 1.165) is 23.7 Å². The van der Waals surface area contributed by atoms with Crippen LogP contribution in [0.5, 0.6) is 0 Å². The third-order valence-electron chi connectivity index (χ3n) is 8.71. The maximum atomic E-state index is 3.00. The highest BCUT2D eigenvalue weighted by molar-refractivity contribution is 5.25. The molecule has 25 heavy (non-hydrogen) atoms. The second kappa shape index (κ2) is 8.28. The predicted octanol–water partition coefficient (Wildman–Crippen LogP) is 7.97. The molecule has 0 heteroatoms. The molecule has 0 aromatic heterocycles. The molecule has 0 nitrogen and oxygen atoms in total. The molecule has 142 valence electrons. The second-order valence-electron chi connectivity index (χ2n) is 9.18. The maximum Gasteiger partial charge on any atom is -0.00824 e. The topological polar surface area (TPSA) is 0 Å². The highest BCUT2D eigenvalue weighted by Crippen LogP contribution is 2.66. The van der Waals surface area contributed by atoms with Gasteiger partial charge >= 0.3 is 0 Å². The average molecular weight is 343 g/mol. The first-order valence-corrected chi connectivity index (χ1v) is 10.8. The van der Waals surface area contributed by atoms with Gasteiger partial charge in [-0.3, -0.25) is 0 Å². The zero-order valence-electron chi connectivity index (χ0n) is 17.3. The molecule has 0 saturated heterocycles. The fourth-order valence-electron chi connectivity index (χ4n) is 7.50. The molecule has 0 amide bonds. The van der Waals surface area contributed by atoms with Crippen LogP contribution >= 0.6 is 0 Å². The van der Waals surface area contributed by atoms with Crippen molar-refractivity contribution >= 4 is 0 Å². The Hall–Kier alpha value is -0.780. The summed E-state index contributed by atoms with van der Waals surface area (Å²) in [5.74, 6) is 4.16. The summed E-state index contributed by atoms with van der Waals surface area (Å²) in [5.41, 5.74) is 3.09. The van der Waals surface area contributed by atoms with Crippen LogP contribution in [-0.4, -0.2) is 0 Å². The molecule has 0 spiro atoms. The van der Waals surface area contributed by atoms with Crippen LogP contribution in [0.15, 0.2) is 38.0 Å². The highest BCUT2D eigenvalue weighted by Gasteiger charge is 2.57. The van der Waals surface area contributed by atoms with Gasteiger partial charge in [0.05, 0.1) is 0 Å². The predicted molar refractivity (Wildman–Crippen MR) is 113 cm³/mol. The van der Waals surface area contributed by atoms with Crippen LogP contribution in [0.3, 0.4) is 0 Å². The Morgan fingerprint density at radius 2 is 1.64 bits per heavy atom. The number of hydrogen-bond donors (Lipinski definition) is 0. The summed E-state index contributed by atoms with van der Waals surface area (Å²) < 4.78 is 0. The van der Waals surface area contributed by atoms with Gasteiger partial charge in [-0.25, -0.2) is 0 Å². The van der Waals surface area contributed by atoms with Crippen LogP contribution in [0.25, 0.3) is 0 Å². The summed E-state index contributed by atoms with van der Waals surface area (Å²) >= 11 is 0. The molecule has 0 bridgehead atoms. The van der Waals surface area contributed by atoms with Crippen molar-refractivity contribution in [2.24, 2.45) is 34.5 Å². The average Bonchev–Trinajstić information content (AvgIpc) is 3.01. The van der Waals surface area contributed by atoms with E-state index in [1.54, 1.807) is 19.3 Å². The Morgan fingerprint density at radius 3 is 2.32 bits per heavy atom. The fraction of sp³-hybridized carbons (Fsp3) is 0.760. The van der Waals surface area contributed by atoms with Crippen LogP contribution in [0.4, 0.5) is 0 Å². The number of hydrogen-bond acceptors (Lipinski definition) is 0. The van der Waals surface area contributed by atoms with Crippen molar-refractivity contribution in [3.63, 3.8) is 0 Å². The van der Waals surface area contributed by atoms with Crippen molar-refractivity contribution in [1.29, 1.82) is 0 Å². The number of fused-ring (bicyclic) bond motifs is 5. The zero-order chi connectivity index (χ0) is 18.7. The number of rotatable bonds is 1. The van der Waals surface area contributed by atoms with E-state index < -0.39 is 0 Å². The van der Waals surface area contributed by atoms with Crippen molar-refractivity contribution in [1.82, 2.24) is 0 Å². The molecule has 3 fully saturated rings. The molecule has 1 unspecified atom stereocenters. The summed E-state index contributed by atoms with van der Waals surface area (Å²) in [4.78, 5) is 0. The van der Waals surface area contributed by atoms with E-state index in [1.807, 2.05) is 5.57 Å². The minimum Gasteiger partial charge on any atom is -0.106 e. The van der Waals surface area contributed by atoms with Crippen molar-refractivity contribution < 1.29 is 0 Å². The molecule has 0 aromatic carbocycles. The Bertz CT molecular complexity index is 472. The summed E-state index contributed by atoms with van der Waals surface area (Å²) in [7, 11) is 0. The van der Waals surface area contributed by atoms with Gasteiger partial charge in [-0.2, -0.15) is 0 Å². The molecular weight excluding hydrogens is 300 g/mol. The Kier molecular flexibility index (Phi) is 6.80. The standard InChI is InChI=1S/C21H34.2C2H4/c1-4-15-9-11-18-17-10-8-16-7-5-6-13-20(16,2)19(17)12-14-21(15,18)3;2*1-2/h9,16-19H,4-8,10-14H2,1-3H3;2*1-2H2/t16?,17-,18-,19-,20-,21+;;/m0../s1. The van der Waals surface area contributed by atoms with E-state index in [4.69, 9.17) is 0 Å². The van der Waals surface area contributed by atoms with E-state index in [-0.39, 0.29) is 0 Å². The van der Waals surface area contributed by atoms with Crippen molar-refractivity contribution in [3.05, 3.63) is 38.0 Å². The molecule has 4 aliphatic carbocycles. The summed E-state index contributed by atoms with van der Waals surface area (Å²) in [6.45, 7) is 19.7. The lowest BCUT2D eigenvalue weighted by Gasteiger charge is -2.60. The van der Waals surface area contributed by atoms with Gasteiger partial charge in [-0.15, -0.1) is 26.3 Å². The fourth-order valence-corrected chi connectivity index (χ4v) is 7.50. The lowest BCUT2D eigenvalue weighted by atomic mass is 9.45. The Labute approximate surface area is 157 Å². The summed E-state index contributed by atoms with van der Waals surface area (Å²) in [6.07, 6.45) is 17.6. The van der Waals surface area contributed by atoms with Crippen LogP contribution in [-0.2, 0) is 0 Å². The molecule has 0 aromatic rings. The molecule has 3 saturated carbocycles. The first-order valence-electron chi connectivity index (χ1n) is 10.8. The van der Waals surface area contributed by atoms with E-state index in [2.05, 4.69) is 53.2 Å². The third-order valence-corrected chi connectivity index (χ3v) is 8.71. The molecule has 6 atom stereocenters. The second-order valence-corrected chi connectivity index (χ2v) is 9.18. The first-order chi connectivity index (χ1) is 12.1. The van der Waals surface area contributed by atoms with Crippen LogP contribution in [0.1, 0.15) is 85.0 Å². The van der Waals surface area contributed by atoms with Crippen molar-refractivity contribution in [3.8, 4) is 0 Å². The molecular formula is C25H42. The van der Waals surface area contributed by atoms with Gasteiger partial charge < -0.3 is 0 Å². The van der Waals surface area contributed by atoms with Gasteiger partial charge in [0.15, 0.2) is 0 Å². The minimum atomic E-state index is 0.577. The largest absolute Gasteiger partial charge is 0.106 e. The lowest BCUT2D eigenvalue weighted by molar-refractivity contribution is -0.0991. The lowest BCUT2D eigenvalue weighted by Crippen LogP contribution is -2.52. The molecule has 0 aliphatic heterocycles. The zero-order valence-corrected chi connectivity index (χ0v) is 17.3.